The van der Waals surface area contributed by atoms with Gasteiger partial charge in [0, 0.05) is 17.1 Å². The number of rotatable bonds is 6. The van der Waals surface area contributed by atoms with Crippen LogP contribution in [0.2, 0.25) is 0 Å². The Morgan fingerprint density at radius 1 is 1.35 bits per heavy atom. The van der Waals surface area contributed by atoms with E-state index in [2.05, 4.69) is 54.3 Å². The van der Waals surface area contributed by atoms with Crippen molar-refractivity contribution in [2.75, 3.05) is 13.7 Å². The topological polar surface area (TPSA) is 21.3 Å². The molecule has 1 N–H and O–H groups in total. The maximum absolute atomic E-state index is 5.70. The van der Waals surface area contributed by atoms with Gasteiger partial charge < -0.3 is 10.1 Å². The summed E-state index contributed by atoms with van der Waals surface area (Å²) < 4.78 is 6.93. The van der Waals surface area contributed by atoms with Gasteiger partial charge in [0.05, 0.1) is 6.10 Å². The summed E-state index contributed by atoms with van der Waals surface area (Å²) in [5, 5.41) is 3.46. The molecule has 2 unspecified atom stereocenters. The van der Waals surface area contributed by atoms with Gasteiger partial charge >= 0.3 is 0 Å². The normalized spacial score (nSPS) is 20.3. The van der Waals surface area contributed by atoms with Crippen molar-refractivity contribution in [3.05, 3.63) is 33.3 Å². The Morgan fingerprint density at radius 3 is 2.60 bits per heavy atom. The minimum Gasteiger partial charge on any atom is -0.378 e. The van der Waals surface area contributed by atoms with Gasteiger partial charge in [-0.05, 0) is 69.7 Å². The van der Waals surface area contributed by atoms with Crippen LogP contribution < -0.4 is 5.32 Å². The maximum Gasteiger partial charge on any atom is 0.0576 e. The largest absolute Gasteiger partial charge is 0.378 e. The molecule has 3 heteroatoms. The van der Waals surface area contributed by atoms with E-state index in [9.17, 15) is 0 Å². The quantitative estimate of drug-likeness (QED) is 0.812. The molecule has 2 nitrogen and oxygen atoms in total. The zero-order valence-corrected chi connectivity index (χ0v) is 14.4. The van der Waals surface area contributed by atoms with Gasteiger partial charge in [0.2, 0.25) is 0 Å². The number of hydrogen-bond donors (Lipinski definition) is 1. The molecule has 20 heavy (non-hydrogen) atoms. The maximum atomic E-state index is 5.70. The molecule has 2 atom stereocenters. The van der Waals surface area contributed by atoms with Crippen molar-refractivity contribution in [1.29, 1.82) is 0 Å². The second-order valence-corrected chi connectivity index (χ2v) is 6.67. The molecule has 1 fully saturated rings. The minimum absolute atomic E-state index is 0.446. The summed E-state index contributed by atoms with van der Waals surface area (Å²) in [5.41, 5.74) is 4.04. The summed E-state index contributed by atoms with van der Waals surface area (Å²) in [6.45, 7) is 5.30. The number of benzene rings is 1. The Bertz CT molecular complexity index is 418. The molecule has 1 aromatic rings. The molecule has 1 aliphatic heterocycles. The Balaban J connectivity index is 1.93. The van der Waals surface area contributed by atoms with Gasteiger partial charge in [-0.1, -0.05) is 28.1 Å². The SMILES string of the molecule is CNC(CCCC1CCCO1)c1cc(C)c(Br)c(C)c1. The van der Waals surface area contributed by atoms with Gasteiger partial charge in [-0.3, -0.25) is 0 Å². The van der Waals surface area contributed by atoms with Gasteiger partial charge in [-0.25, -0.2) is 0 Å². The fourth-order valence-corrected chi connectivity index (χ4v) is 3.31. The highest BCUT2D eigenvalue weighted by atomic mass is 79.9. The third kappa shape index (κ3) is 4.06. The summed E-state index contributed by atoms with van der Waals surface area (Å²) >= 11 is 3.64. The predicted octanol–water partition coefficient (Wildman–Crippen LogP) is 4.68. The second kappa shape index (κ2) is 7.58. The van der Waals surface area contributed by atoms with Crippen LogP contribution in [-0.4, -0.2) is 19.8 Å². The number of nitrogens with one attached hydrogen (secondary N) is 1. The lowest BCUT2D eigenvalue weighted by molar-refractivity contribution is 0.101. The number of halogens is 1. The van der Waals surface area contributed by atoms with Crippen LogP contribution in [0, 0.1) is 13.8 Å². The van der Waals surface area contributed by atoms with E-state index < -0.39 is 0 Å². The van der Waals surface area contributed by atoms with Crippen LogP contribution in [-0.2, 0) is 4.74 Å². The molecule has 0 bridgehead atoms. The van der Waals surface area contributed by atoms with Crippen LogP contribution in [0.25, 0.3) is 0 Å². The monoisotopic (exact) mass is 339 g/mol. The fraction of sp³-hybridized carbons (Fsp3) is 0.647. The number of ether oxygens (including phenoxy) is 1. The number of hydrogen-bond acceptors (Lipinski definition) is 2. The molecular formula is C17H26BrNO. The van der Waals surface area contributed by atoms with Crippen LogP contribution in [0.5, 0.6) is 0 Å². The average molecular weight is 340 g/mol. The lowest BCUT2D eigenvalue weighted by Crippen LogP contribution is -2.17. The van der Waals surface area contributed by atoms with Crippen molar-refractivity contribution >= 4 is 15.9 Å². The Morgan fingerprint density at radius 2 is 2.05 bits per heavy atom. The second-order valence-electron chi connectivity index (χ2n) is 5.88. The van der Waals surface area contributed by atoms with Crippen molar-refractivity contribution in [1.82, 2.24) is 5.32 Å². The lowest BCUT2D eigenvalue weighted by Gasteiger charge is -2.19. The molecule has 112 valence electrons. The van der Waals surface area contributed by atoms with E-state index in [1.54, 1.807) is 0 Å². The molecular weight excluding hydrogens is 314 g/mol. The van der Waals surface area contributed by atoms with Crippen molar-refractivity contribution in [2.24, 2.45) is 0 Å². The van der Waals surface area contributed by atoms with Gasteiger partial charge in [0.15, 0.2) is 0 Å². The van der Waals surface area contributed by atoms with E-state index in [1.807, 2.05) is 0 Å². The zero-order valence-electron chi connectivity index (χ0n) is 12.8. The Hall–Kier alpha value is -0.380. The Kier molecular flexibility index (Phi) is 6.06. The van der Waals surface area contributed by atoms with E-state index in [0.29, 0.717) is 12.1 Å². The third-order valence-electron chi connectivity index (χ3n) is 4.25. The minimum atomic E-state index is 0.446. The zero-order chi connectivity index (χ0) is 14.5. The lowest BCUT2D eigenvalue weighted by atomic mass is 9.96. The fourth-order valence-electron chi connectivity index (χ4n) is 3.08. The van der Waals surface area contributed by atoms with E-state index in [-0.39, 0.29) is 0 Å². The summed E-state index contributed by atoms with van der Waals surface area (Å²) in [4.78, 5) is 0. The smallest absolute Gasteiger partial charge is 0.0576 e. The van der Waals surface area contributed by atoms with Crippen LogP contribution in [0.15, 0.2) is 16.6 Å². The van der Waals surface area contributed by atoms with Gasteiger partial charge in [0.25, 0.3) is 0 Å². The van der Waals surface area contributed by atoms with Crippen LogP contribution in [0.4, 0.5) is 0 Å². The number of aryl methyl sites for hydroxylation is 2. The molecule has 1 aliphatic rings. The summed E-state index contributed by atoms with van der Waals surface area (Å²) in [6, 6.07) is 5.04. The third-order valence-corrected chi connectivity index (χ3v) is 5.50. The summed E-state index contributed by atoms with van der Waals surface area (Å²) in [7, 11) is 2.06. The molecule has 1 aromatic carbocycles. The van der Waals surface area contributed by atoms with E-state index in [4.69, 9.17) is 4.74 Å². The first-order valence-corrected chi connectivity index (χ1v) is 8.46. The van der Waals surface area contributed by atoms with Gasteiger partial charge in [-0.2, -0.15) is 0 Å². The van der Waals surface area contributed by atoms with Crippen molar-refractivity contribution in [3.63, 3.8) is 0 Å². The summed E-state index contributed by atoms with van der Waals surface area (Å²) in [5.74, 6) is 0. The molecule has 0 aliphatic carbocycles. The first kappa shape index (κ1) is 16.0. The van der Waals surface area contributed by atoms with E-state index >= 15 is 0 Å². The van der Waals surface area contributed by atoms with Crippen molar-refractivity contribution in [2.45, 2.75) is 58.1 Å². The highest BCUT2D eigenvalue weighted by Crippen LogP contribution is 2.28. The molecule has 0 amide bonds. The van der Waals surface area contributed by atoms with Gasteiger partial charge in [-0.15, -0.1) is 0 Å². The molecule has 1 saturated heterocycles. The molecule has 0 spiro atoms. The highest BCUT2D eigenvalue weighted by molar-refractivity contribution is 9.10. The van der Waals surface area contributed by atoms with Crippen molar-refractivity contribution < 1.29 is 4.74 Å². The molecule has 0 saturated carbocycles. The first-order valence-electron chi connectivity index (χ1n) is 7.67. The highest BCUT2D eigenvalue weighted by Gasteiger charge is 2.17. The molecule has 0 radical (unpaired) electrons. The summed E-state index contributed by atoms with van der Waals surface area (Å²) in [6.07, 6.45) is 6.61. The van der Waals surface area contributed by atoms with Crippen molar-refractivity contribution in [3.8, 4) is 0 Å². The van der Waals surface area contributed by atoms with E-state index in [0.717, 1.165) is 6.61 Å². The van der Waals surface area contributed by atoms with E-state index in [1.165, 1.54) is 53.3 Å². The molecule has 0 aromatic heterocycles. The van der Waals surface area contributed by atoms with Crippen LogP contribution in [0.1, 0.15) is 54.8 Å². The van der Waals surface area contributed by atoms with Crippen LogP contribution in [0.3, 0.4) is 0 Å². The van der Waals surface area contributed by atoms with Crippen LogP contribution >= 0.6 is 15.9 Å². The molecule has 2 rings (SSSR count). The predicted molar refractivity (Wildman–Crippen MR) is 88.2 cm³/mol. The van der Waals surface area contributed by atoms with Gasteiger partial charge in [0.1, 0.15) is 0 Å². The molecule has 1 heterocycles. The average Bonchev–Trinajstić information content (AvgIpc) is 2.93. The Labute approximate surface area is 131 Å². The standard InChI is InChI=1S/C17H26BrNO/c1-12-10-14(11-13(2)17(12)18)16(19-3)8-4-6-15-7-5-9-20-15/h10-11,15-16,19H,4-9H2,1-3H3. The first-order chi connectivity index (χ1) is 9.61.